The molecule has 2 aromatic rings. The predicted octanol–water partition coefficient (Wildman–Crippen LogP) is 3.79. The minimum atomic E-state index is -0.563. The van der Waals surface area contributed by atoms with Crippen molar-refractivity contribution in [1.82, 2.24) is 0 Å². The molecule has 0 fully saturated rings. The number of hydrogen-bond acceptors (Lipinski definition) is 6. The number of rotatable bonds is 7. The molecule has 0 saturated carbocycles. The quantitative estimate of drug-likeness (QED) is 0.720. The van der Waals surface area contributed by atoms with Gasteiger partial charge in [-0.2, -0.15) is 0 Å². The number of ether oxygens (including phenoxy) is 4. The molecular weight excluding hydrogens is 374 g/mol. The monoisotopic (exact) mass is 393 g/mol. The molecule has 0 heterocycles. The van der Waals surface area contributed by atoms with Gasteiger partial charge in [-0.05, 0) is 25.1 Å². The van der Waals surface area contributed by atoms with E-state index in [1.807, 2.05) is 0 Å². The van der Waals surface area contributed by atoms with Crippen LogP contribution in [0.3, 0.4) is 0 Å². The molecule has 0 aromatic heterocycles. The van der Waals surface area contributed by atoms with Gasteiger partial charge in [-0.1, -0.05) is 11.6 Å². The van der Waals surface area contributed by atoms with E-state index in [1.165, 1.54) is 33.5 Å². The summed E-state index contributed by atoms with van der Waals surface area (Å²) >= 11 is 6.22. The number of halogens is 1. The molecule has 1 N–H and O–H groups in total. The number of carbonyl (C=O) groups excluding carboxylic acids is 2. The van der Waals surface area contributed by atoms with E-state index in [-0.39, 0.29) is 28.6 Å². The molecule has 8 heteroatoms. The van der Waals surface area contributed by atoms with Crippen LogP contribution in [0.25, 0.3) is 0 Å². The largest absolute Gasteiger partial charge is 0.497 e. The van der Waals surface area contributed by atoms with Crippen LogP contribution in [-0.2, 0) is 4.74 Å². The van der Waals surface area contributed by atoms with Crippen molar-refractivity contribution in [3.8, 4) is 17.2 Å². The zero-order valence-electron chi connectivity index (χ0n) is 15.4. The van der Waals surface area contributed by atoms with E-state index < -0.39 is 11.9 Å². The molecule has 27 heavy (non-hydrogen) atoms. The lowest BCUT2D eigenvalue weighted by atomic mass is 10.1. The third kappa shape index (κ3) is 4.83. The topological polar surface area (TPSA) is 83.1 Å². The number of nitrogens with one attached hydrogen (secondary N) is 1. The molecule has 144 valence electrons. The van der Waals surface area contributed by atoms with Crippen LogP contribution in [0, 0.1) is 0 Å². The van der Waals surface area contributed by atoms with E-state index in [1.54, 1.807) is 25.1 Å². The van der Waals surface area contributed by atoms with Gasteiger partial charge in [0.25, 0.3) is 5.91 Å². The predicted molar refractivity (Wildman–Crippen MR) is 101 cm³/mol. The van der Waals surface area contributed by atoms with E-state index in [0.717, 1.165) is 0 Å². The lowest BCUT2D eigenvalue weighted by Crippen LogP contribution is -2.14. The summed E-state index contributed by atoms with van der Waals surface area (Å²) in [5.74, 6) is 0.185. The van der Waals surface area contributed by atoms with Gasteiger partial charge in [0.1, 0.15) is 22.8 Å². The number of amides is 1. The normalized spacial score (nSPS) is 10.1. The van der Waals surface area contributed by atoms with Crippen molar-refractivity contribution in [2.75, 3.05) is 33.3 Å². The Labute approximate surface area is 162 Å². The van der Waals surface area contributed by atoms with Crippen LogP contribution in [0.4, 0.5) is 5.69 Å². The van der Waals surface area contributed by atoms with E-state index in [9.17, 15) is 9.59 Å². The van der Waals surface area contributed by atoms with Gasteiger partial charge in [0.15, 0.2) is 0 Å². The highest BCUT2D eigenvalue weighted by atomic mass is 35.5. The molecule has 0 bridgehead atoms. The average Bonchev–Trinajstić information content (AvgIpc) is 2.68. The maximum atomic E-state index is 12.6. The minimum absolute atomic E-state index is 0.169. The Morgan fingerprint density at radius 2 is 1.59 bits per heavy atom. The van der Waals surface area contributed by atoms with Crippen LogP contribution in [-0.4, -0.2) is 39.8 Å². The summed E-state index contributed by atoms with van der Waals surface area (Å²) in [7, 11) is 4.39. The third-order valence-corrected chi connectivity index (χ3v) is 3.96. The highest BCUT2D eigenvalue weighted by Gasteiger charge is 2.19. The maximum absolute atomic E-state index is 12.6. The number of esters is 1. The summed E-state index contributed by atoms with van der Waals surface area (Å²) in [6.45, 7) is 1.92. The first-order valence-corrected chi connectivity index (χ1v) is 8.40. The van der Waals surface area contributed by atoms with Crippen LogP contribution in [0.2, 0.25) is 5.02 Å². The molecule has 0 aliphatic carbocycles. The van der Waals surface area contributed by atoms with Crippen LogP contribution in [0.1, 0.15) is 27.6 Å². The van der Waals surface area contributed by atoms with Gasteiger partial charge < -0.3 is 24.3 Å². The Balaban J connectivity index is 2.34. The van der Waals surface area contributed by atoms with Gasteiger partial charge in [0.05, 0.1) is 38.6 Å². The smallest absolute Gasteiger partial charge is 0.341 e. The summed E-state index contributed by atoms with van der Waals surface area (Å²) < 4.78 is 20.5. The van der Waals surface area contributed by atoms with Crippen molar-refractivity contribution < 1.29 is 28.5 Å². The van der Waals surface area contributed by atoms with Gasteiger partial charge >= 0.3 is 5.97 Å². The average molecular weight is 394 g/mol. The van der Waals surface area contributed by atoms with E-state index in [0.29, 0.717) is 17.1 Å². The molecule has 2 aromatic carbocycles. The van der Waals surface area contributed by atoms with Gasteiger partial charge in [0.2, 0.25) is 0 Å². The van der Waals surface area contributed by atoms with Crippen LogP contribution in [0.5, 0.6) is 17.2 Å². The lowest BCUT2D eigenvalue weighted by Gasteiger charge is -2.13. The Hall–Kier alpha value is -2.93. The molecule has 0 unspecified atom stereocenters. The molecule has 0 spiro atoms. The molecule has 0 aliphatic rings. The molecule has 0 atom stereocenters. The molecule has 7 nitrogen and oxygen atoms in total. The van der Waals surface area contributed by atoms with Crippen molar-refractivity contribution in [1.29, 1.82) is 0 Å². The molecule has 0 aliphatic heterocycles. The summed E-state index contributed by atoms with van der Waals surface area (Å²) in [6.07, 6.45) is 0. The standard InChI is InChI=1S/C19H20ClNO6/c1-5-27-19(23)14-9-15(20)16(10-17(14)26-4)21-18(22)11-6-12(24-2)8-13(7-11)25-3/h6-10H,5H2,1-4H3,(H,21,22). The Morgan fingerprint density at radius 1 is 0.963 bits per heavy atom. The first kappa shape index (κ1) is 20.4. The zero-order chi connectivity index (χ0) is 20.0. The number of methoxy groups -OCH3 is 3. The second kappa shape index (κ2) is 9.14. The Kier molecular flexibility index (Phi) is 6.90. The third-order valence-electron chi connectivity index (χ3n) is 3.65. The second-order valence-electron chi connectivity index (χ2n) is 5.31. The van der Waals surface area contributed by atoms with E-state index in [4.69, 9.17) is 30.5 Å². The van der Waals surface area contributed by atoms with Crippen LogP contribution >= 0.6 is 11.6 Å². The first-order valence-electron chi connectivity index (χ1n) is 8.02. The van der Waals surface area contributed by atoms with E-state index >= 15 is 0 Å². The van der Waals surface area contributed by atoms with Gasteiger partial charge in [0, 0.05) is 17.7 Å². The highest BCUT2D eigenvalue weighted by Crippen LogP contribution is 2.32. The van der Waals surface area contributed by atoms with Crippen molar-refractivity contribution in [3.05, 3.63) is 46.5 Å². The maximum Gasteiger partial charge on any atom is 0.341 e. The van der Waals surface area contributed by atoms with Gasteiger partial charge in [-0.25, -0.2) is 4.79 Å². The first-order chi connectivity index (χ1) is 12.9. The number of carbonyl (C=O) groups is 2. The van der Waals surface area contributed by atoms with Gasteiger partial charge in [-0.3, -0.25) is 4.79 Å². The highest BCUT2D eigenvalue weighted by molar-refractivity contribution is 6.34. The van der Waals surface area contributed by atoms with Crippen molar-refractivity contribution in [3.63, 3.8) is 0 Å². The molecule has 0 radical (unpaired) electrons. The fourth-order valence-corrected chi connectivity index (χ4v) is 2.53. The summed E-state index contributed by atoms with van der Waals surface area (Å²) in [4.78, 5) is 24.6. The fourth-order valence-electron chi connectivity index (χ4n) is 2.32. The number of anilines is 1. The molecular formula is C19H20ClNO6. The zero-order valence-corrected chi connectivity index (χ0v) is 16.2. The number of benzene rings is 2. The van der Waals surface area contributed by atoms with E-state index in [2.05, 4.69) is 5.32 Å². The summed E-state index contributed by atoms with van der Waals surface area (Å²) in [6, 6.07) is 7.64. The SMILES string of the molecule is CCOC(=O)c1cc(Cl)c(NC(=O)c2cc(OC)cc(OC)c2)cc1OC. The van der Waals surface area contributed by atoms with Crippen LogP contribution < -0.4 is 19.5 Å². The molecule has 1 amide bonds. The fraction of sp³-hybridized carbons (Fsp3) is 0.263. The number of hydrogen-bond donors (Lipinski definition) is 1. The van der Waals surface area contributed by atoms with Crippen LogP contribution in [0.15, 0.2) is 30.3 Å². The minimum Gasteiger partial charge on any atom is -0.497 e. The van der Waals surface area contributed by atoms with Gasteiger partial charge in [-0.15, -0.1) is 0 Å². The Morgan fingerprint density at radius 3 is 2.11 bits per heavy atom. The van der Waals surface area contributed by atoms with Crippen molar-refractivity contribution in [2.24, 2.45) is 0 Å². The van der Waals surface area contributed by atoms with Crippen molar-refractivity contribution >= 4 is 29.2 Å². The lowest BCUT2D eigenvalue weighted by molar-refractivity contribution is 0.0522. The molecule has 2 rings (SSSR count). The van der Waals surface area contributed by atoms with Crippen molar-refractivity contribution in [2.45, 2.75) is 6.92 Å². The molecule has 0 saturated heterocycles. The summed E-state index contributed by atoms with van der Waals surface area (Å²) in [5, 5.41) is 2.86. The summed E-state index contributed by atoms with van der Waals surface area (Å²) in [5.41, 5.74) is 0.773. The second-order valence-corrected chi connectivity index (χ2v) is 5.72. The Bertz CT molecular complexity index is 830.